The Hall–Kier alpha value is -2.69. The third kappa shape index (κ3) is 5.07. The summed E-state index contributed by atoms with van der Waals surface area (Å²) in [6.45, 7) is 1.99. The molecule has 3 aromatic rings. The third-order valence-electron chi connectivity index (χ3n) is 4.40. The van der Waals surface area contributed by atoms with Crippen LogP contribution in [0.1, 0.15) is 16.1 Å². The number of carbonyl (C=O) groups excluding carboxylic acids is 1. The van der Waals surface area contributed by atoms with Gasteiger partial charge < -0.3 is 10.1 Å². The fraction of sp³-hybridized carbons (Fsp3) is 0.200. The van der Waals surface area contributed by atoms with Gasteiger partial charge in [0.2, 0.25) is 10.0 Å². The number of sulfonamides is 1. The summed E-state index contributed by atoms with van der Waals surface area (Å²) in [4.78, 5) is 12.6. The Morgan fingerprint density at radius 2 is 1.77 bits per heavy atom. The average Bonchev–Trinajstić information content (AvgIpc) is 3.13. The average molecular weight is 493 g/mol. The van der Waals surface area contributed by atoms with Crippen molar-refractivity contribution in [3.8, 4) is 11.4 Å². The van der Waals surface area contributed by atoms with Gasteiger partial charge in [-0.15, -0.1) is 0 Å². The number of carbonyl (C=O) groups is 1. The fourth-order valence-electron chi connectivity index (χ4n) is 2.77. The summed E-state index contributed by atoms with van der Waals surface area (Å²) in [5.74, 6) is 0.250. The van der Waals surface area contributed by atoms with E-state index in [1.807, 2.05) is 24.3 Å². The molecule has 3 rings (SSSR count). The van der Waals surface area contributed by atoms with Crippen molar-refractivity contribution in [1.29, 1.82) is 0 Å². The predicted molar refractivity (Wildman–Crippen MR) is 117 cm³/mol. The number of halogens is 1. The number of methoxy groups -OCH3 is 1. The zero-order valence-electron chi connectivity index (χ0n) is 16.4. The maximum absolute atomic E-state index is 12.5. The summed E-state index contributed by atoms with van der Waals surface area (Å²) in [6, 6.07) is 13.6. The molecule has 0 saturated carbocycles. The predicted octanol–water partition coefficient (Wildman–Crippen LogP) is 2.66. The second-order valence-electron chi connectivity index (χ2n) is 6.36. The third-order valence-corrected chi connectivity index (χ3v) is 6.40. The summed E-state index contributed by atoms with van der Waals surface area (Å²) < 4.78 is 34.7. The molecule has 8 nitrogen and oxygen atoms in total. The van der Waals surface area contributed by atoms with Crippen LogP contribution in [-0.4, -0.2) is 44.3 Å². The Bertz CT molecular complexity index is 1130. The summed E-state index contributed by atoms with van der Waals surface area (Å²) >= 11 is 3.39. The van der Waals surface area contributed by atoms with Crippen molar-refractivity contribution >= 4 is 31.9 Å². The van der Waals surface area contributed by atoms with Crippen molar-refractivity contribution in [3.05, 3.63) is 70.5 Å². The van der Waals surface area contributed by atoms with Gasteiger partial charge in [0, 0.05) is 17.6 Å². The Morgan fingerprint density at radius 1 is 1.10 bits per heavy atom. The van der Waals surface area contributed by atoms with E-state index in [1.165, 1.54) is 25.4 Å². The van der Waals surface area contributed by atoms with Crippen LogP contribution in [0, 0.1) is 6.92 Å². The lowest BCUT2D eigenvalue weighted by atomic mass is 10.2. The lowest BCUT2D eigenvalue weighted by molar-refractivity contribution is 0.0953. The highest BCUT2D eigenvalue weighted by molar-refractivity contribution is 9.10. The molecule has 30 heavy (non-hydrogen) atoms. The molecule has 0 bridgehead atoms. The van der Waals surface area contributed by atoms with Gasteiger partial charge in [0.25, 0.3) is 5.91 Å². The van der Waals surface area contributed by atoms with E-state index in [9.17, 15) is 13.2 Å². The zero-order chi connectivity index (χ0) is 21.7. The van der Waals surface area contributed by atoms with E-state index < -0.39 is 10.0 Å². The highest BCUT2D eigenvalue weighted by atomic mass is 79.9. The normalized spacial score (nSPS) is 11.3. The smallest absolute Gasteiger partial charge is 0.254 e. The highest BCUT2D eigenvalue weighted by Crippen LogP contribution is 2.17. The second kappa shape index (κ2) is 9.41. The number of hydrogen-bond donors (Lipinski definition) is 2. The van der Waals surface area contributed by atoms with Gasteiger partial charge in [-0.05, 0) is 55.5 Å². The van der Waals surface area contributed by atoms with Crippen molar-refractivity contribution in [3.63, 3.8) is 0 Å². The van der Waals surface area contributed by atoms with Crippen molar-refractivity contribution in [2.24, 2.45) is 0 Å². The minimum absolute atomic E-state index is 0.0556. The van der Waals surface area contributed by atoms with Crippen LogP contribution in [0.4, 0.5) is 0 Å². The minimum Gasteiger partial charge on any atom is -0.497 e. The van der Waals surface area contributed by atoms with Crippen LogP contribution in [-0.2, 0) is 10.0 Å². The molecule has 1 amide bonds. The van der Waals surface area contributed by atoms with Crippen LogP contribution in [0.15, 0.2) is 64.1 Å². The first-order valence-electron chi connectivity index (χ1n) is 9.04. The minimum atomic E-state index is -3.67. The van der Waals surface area contributed by atoms with Gasteiger partial charge >= 0.3 is 0 Å². The molecule has 1 aromatic heterocycles. The molecular weight excluding hydrogens is 472 g/mol. The zero-order valence-corrected chi connectivity index (χ0v) is 18.8. The van der Waals surface area contributed by atoms with Gasteiger partial charge in [0.1, 0.15) is 5.75 Å². The van der Waals surface area contributed by atoms with Gasteiger partial charge in [-0.25, -0.2) is 17.8 Å². The van der Waals surface area contributed by atoms with Crippen LogP contribution >= 0.6 is 15.9 Å². The van der Waals surface area contributed by atoms with Gasteiger partial charge in [0.05, 0.1) is 35.1 Å². The second-order valence-corrected chi connectivity index (χ2v) is 9.04. The molecule has 0 spiro atoms. The van der Waals surface area contributed by atoms with Crippen molar-refractivity contribution in [2.45, 2.75) is 11.8 Å². The number of nitrogens with one attached hydrogen (secondary N) is 2. The van der Waals surface area contributed by atoms with E-state index in [0.717, 1.165) is 10.2 Å². The van der Waals surface area contributed by atoms with Gasteiger partial charge in [-0.1, -0.05) is 15.9 Å². The van der Waals surface area contributed by atoms with Crippen molar-refractivity contribution < 1.29 is 17.9 Å². The summed E-state index contributed by atoms with van der Waals surface area (Å²) in [5, 5.41) is 6.99. The van der Waals surface area contributed by atoms with Crippen LogP contribution in [0.5, 0.6) is 5.75 Å². The fourth-order valence-corrected chi connectivity index (χ4v) is 4.07. The van der Waals surface area contributed by atoms with E-state index in [0.29, 0.717) is 17.0 Å². The molecule has 1 heterocycles. The van der Waals surface area contributed by atoms with Gasteiger partial charge in [-0.2, -0.15) is 5.10 Å². The van der Waals surface area contributed by atoms with Crippen LogP contribution in [0.2, 0.25) is 0 Å². The molecule has 0 unspecified atom stereocenters. The number of aromatic nitrogens is 2. The van der Waals surface area contributed by atoms with Crippen LogP contribution in [0.25, 0.3) is 5.69 Å². The first kappa shape index (κ1) is 22.0. The lowest BCUT2D eigenvalue weighted by Crippen LogP contribution is -2.34. The van der Waals surface area contributed by atoms with E-state index in [1.54, 1.807) is 23.7 Å². The maximum atomic E-state index is 12.5. The molecular formula is C20H21BrN4O4S. The number of ether oxygens (including phenoxy) is 1. The molecule has 0 fully saturated rings. The Morgan fingerprint density at radius 3 is 2.40 bits per heavy atom. The lowest BCUT2D eigenvalue weighted by Gasteiger charge is -2.09. The largest absolute Gasteiger partial charge is 0.497 e. The number of amides is 1. The molecule has 2 aromatic carbocycles. The number of rotatable bonds is 8. The SMILES string of the molecule is COc1ccc(S(=O)(=O)NCCNC(=O)c2cnn(-c3ccc(Br)cc3)c2C)cc1. The Balaban J connectivity index is 1.56. The standard InChI is InChI=1S/C20H21BrN4O4S/c1-14-19(13-23-25(14)16-5-3-15(21)4-6-16)20(26)22-11-12-24-30(27,28)18-9-7-17(29-2)8-10-18/h3-10,13,24H,11-12H2,1-2H3,(H,22,26). The van der Waals surface area contributed by atoms with Gasteiger partial charge in [0.15, 0.2) is 0 Å². The van der Waals surface area contributed by atoms with E-state index in [4.69, 9.17) is 4.74 Å². The number of nitrogens with zero attached hydrogens (tertiary/aromatic N) is 2. The highest BCUT2D eigenvalue weighted by Gasteiger charge is 2.16. The number of hydrogen-bond acceptors (Lipinski definition) is 5. The summed E-state index contributed by atoms with van der Waals surface area (Å²) in [7, 11) is -2.16. The summed E-state index contributed by atoms with van der Waals surface area (Å²) in [6.07, 6.45) is 1.49. The van der Waals surface area contributed by atoms with Crippen molar-refractivity contribution in [1.82, 2.24) is 19.8 Å². The van der Waals surface area contributed by atoms with E-state index >= 15 is 0 Å². The topological polar surface area (TPSA) is 102 Å². The molecule has 0 aliphatic rings. The Kier molecular flexibility index (Phi) is 6.91. The van der Waals surface area contributed by atoms with E-state index in [2.05, 4.69) is 31.1 Å². The first-order valence-corrected chi connectivity index (χ1v) is 11.3. The van der Waals surface area contributed by atoms with E-state index in [-0.39, 0.29) is 23.9 Å². The molecule has 10 heteroatoms. The van der Waals surface area contributed by atoms with Crippen LogP contribution < -0.4 is 14.8 Å². The van der Waals surface area contributed by atoms with Crippen LogP contribution in [0.3, 0.4) is 0 Å². The summed E-state index contributed by atoms with van der Waals surface area (Å²) in [5.41, 5.74) is 1.95. The molecule has 0 aliphatic heterocycles. The molecule has 0 aliphatic carbocycles. The first-order chi connectivity index (χ1) is 14.3. The monoisotopic (exact) mass is 492 g/mol. The molecule has 158 valence electrons. The van der Waals surface area contributed by atoms with Gasteiger partial charge in [-0.3, -0.25) is 4.79 Å². The van der Waals surface area contributed by atoms with Crippen molar-refractivity contribution in [2.75, 3.05) is 20.2 Å². The Labute approximate surface area is 183 Å². The quantitative estimate of drug-likeness (QED) is 0.470. The maximum Gasteiger partial charge on any atom is 0.254 e. The molecule has 0 saturated heterocycles. The molecule has 0 atom stereocenters. The number of benzene rings is 2. The molecule has 2 N–H and O–H groups in total. The molecule has 0 radical (unpaired) electrons.